The fourth-order valence-corrected chi connectivity index (χ4v) is 3.22. The molecule has 1 atom stereocenters. The van der Waals surface area contributed by atoms with E-state index in [1.54, 1.807) is 18.2 Å². The van der Waals surface area contributed by atoms with Crippen LogP contribution in [0.1, 0.15) is 34.8 Å². The Kier molecular flexibility index (Phi) is 4.18. The first kappa shape index (κ1) is 14.4. The van der Waals surface area contributed by atoms with Crippen LogP contribution in [0.3, 0.4) is 0 Å². The summed E-state index contributed by atoms with van der Waals surface area (Å²) in [5.41, 5.74) is 1.65. The van der Waals surface area contributed by atoms with Crippen molar-refractivity contribution >= 4 is 29.1 Å². The summed E-state index contributed by atoms with van der Waals surface area (Å²) in [5.74, 6) is -0.0474. The molecule has 3 rings (SSSR count). The van der Waals surface area contributed by atoms with Gasteiger partial charge in [-0.3, -0.25) is 4.79 Å². The molecule has 2 aromatic carbocycles. The first-order chi connectivity index (χ1) is 10.2. The van der Waals surface area contributed by atoms with E-state index in [1.165, 1.54) is 5.56 Å². The van der Waals surface area contributed by atoms with E-state index in [9.17, 15) is 4.79 Å². The molecule has 0 N–H and O–H groups in total. The van der Waals surface area contributed by atoms with Crippen molar-refractivity contribution in [1.29, 1.82) is 0 Å². The molecule has 0 unspecified atom stereocenters. The molecule has 21 heavy (non-hydrogen) atoms. The Labute approximate surface area is 134 Å². The van der Waals surface area contributed by atoms with Gasteiger partial charge in [-0.25, -0.2) is 0 Å². The Morgan fingerprint density at radius 2 is 1.86 bits per heavy atom. The zero-order valence-electron chi connectivity index (χ0n) is 11.4. The van der Waals surface area contributed by atoms with Gasteiger partial charge in [0.05, 0.1) is 16.6 Å². The van der Waals surface area contributed by atoms with Crippen molar-refractivity contribution in [1.82, 2.24) is 4.90 Å². The summed E-state index contributed by atoms with van der Waals surface area (Å²) in [6, 6.07) is 15.3. The van der Waals surface area contributed by atoms with E-state index >= 15 is 0 Å². The number of amides is 1. The van der Waals surface area contributed by atoms with Gasteiger partial charge in [0.2, 0.25) is 0 Å². The number of carbonyl (C=O) groups is 1. The molecule has 1 fully saturated rings. The van der Waals surface area contributed by atoms with E-state index in [1.807, 2.05) is 23.1 Å². The molecule has 0 radical (unpaired) electrons. The quantitative estimate of drug-likeness (QED) is 0.765. The second-order valence-corrected chi connectivity index (χ2v) is 6.04. The number of hydrogen-bond acceptors (Lipinski definition) is 1. The highest BCUT2D eigenvalue weighted by Crippen LogP contribution is 2.34. The average molecular weight is 320 g/mol. The molecule has 1 aliphatic heterocycles. The molecule has 2 nitrogen and oxygen atoms in total. The van der Waals surface area contributed by atoms with E-state index in [0.29, 0.717) is 15.6 Å². The maximum Gasteiger partial charge on any atom is 0.255 e. The molecular weight excluding hydrogens is 305 g/mol. The van der Waals surface area contributed by atoms with E-state index in [0.717, 1.165) is 19.4 Å². The molecular formula is C17H15Cl2NO. The Balaban J connectivity index is 1.92. The monoisotopic (exact) mass is 319 g/mol. The van der Waals surface area contributed by atoms with Gasteiger partial charge in [-0.05, 0) is 36.6 Å². The van der Waals surface area contributed by atoms with Gasteiger partial charge in [0.25, 0.3) is 5.91 Å². The predicted molar refractivity (Wildman–Crippen MR) is 85.9 cm³/mol. The minimum Gasteiger partial charge on any atom is -0.332 e. The lowest BCUT2D eigenvalue weighted by molar-refractivity contribution is 0.0736. The van der Waals surface area contributed by atoms with Gasteiger partial charge in [-0.1, -0.05) is 53.5 Å². The number of nitrogens with zero attached hydrogens (tertiary/aromatic N) is 1. The molecule has 0 spiro atoms. The van der Waals surface area contributed by atoms with Gasteiger partial charge in [-0.15, -0.1) is 0 Å². The van der Waals surface area contributed by atoms with Crippen molar-refractivity contribution < 1.29 is 4.79 Å². The summed E-state index contributed by atoms with van der Waals surface area (Å²) < 4.78 is 0. The summed E-state index contributed by atoms with van der Waals surface area (Å²) in [6.45, 7) is 0.751. The standard InChI is InChI=1S/C17H15Cl2NO/c18-13-8-9-15(19)14(11-13)17(21)20-10-4-7-16(20)12-5-2-1-3-6-12/h1-3,5-6,8-9,11,16H,4,7,10H2/t16-/m1/s1. The maximum atomic E-state index is 12.8. The summed E-state index contributed by atoms with van der Waals surface area (Å²) >= 11 is 12.1. The summed E-state index contributed by atoms with van der Waals surface area (Å²) in [7, 11) is 0. The zero-order valence-corrected chi connectivity index (χ0v) is 12.9. The van der Waals surface area contributed by atoms with E-state index in [4.69, 9.17) is 23.2 Å². The highest BCUT2D eigenvalue weighted by molar-refractivity contribution is 6.35. The third kappa shape index (κ3) is 2.92. The van der Waals surface area contributed by atoms with Crippen LogP contribution in [0.25, 0.3) is 0 Å². The Morgan fingerprint density at radius 3 is 2.62 bits per heavy atom. The van der Waals surface area contributed by atoms with Crippen LogP contribution in [0.5, 0.6) is 0 Å². The van der Waals surface area contributed by atoms with Crippen LogP contribution in [-0.2, 0) is 0 Å². The van der Waals surface area contributed by atoms with Gasteiger partial charge in [0, 0.05) is 11.6 Å². The molecule has 0 aromatic heterocycles. The summed E-state index contributed by atoms with van der Waals surface area (Å²) in [6.07, 6.45) is 1.98. The number of likely N-dealkylation sites (tertiary alicyclic amines) is 1. The maximum absolute atomic E-state index is 12.8. The van der Waals surface area contributed by atoms with Crippen molar-refractivity contribution in [2.75, 3.05) is 6.54 Å². The predicted octanol–water partition coefficient (Wildman–Crippen LogP) is 4.97. The molecule has 2 aromatic rings. The van der Waals surface area contributed by atoms with Gasteiger partial charge < -0.3 is 4.90 Å². The largest absolute Gasteiger partial charge is 0.332 e. The second kappa shape index (κ2) is 6.08. The van der Waals surface area contributed by atoms with Crippen molar-refractivity contribution in [2.45, 2.75) is 18.9 Å². The van der Waals surface area contributed by atoms with Crippen molar-refractivity contribution in [3.63, 3.8) is 0 Å². The van der Waals surface area contributed by atoms with Gasteiger partial charge in [0.1, 0.15) is 0 Å². The molecule has 1 amide bonds. The minimum absolute atomic E-state index is 0.0474. The molecule has 0 bridgehead atoms. The molecule has 1 saturated heterocycles. The SMILES string of the molecule is O=C(c1cc(Cl)ccc1Cl)N1CCC[C@@H]1c1ccccc1. The third-order valence-corrected chi connectivity index (χ3v) is 4.42. The number of benzene rings is 2. The van der Waals surface area contributed by atoms with Crippen LogP contribution < -0.4 is 0 Å². The van der Waals surface area contributed by atoms with E-state index < -0.39 is 0 Å². The lowest BCUT2D eigenvalue weighted by Gasteiger charge is -2.25. The topological polar surface area (TPSA) is 20.3 Å². The van der Waals surface area contributed by atoms with Crippen LogP contribution in [0.15, 0.2) is 48.5 Å². The molecule has 0 saturated carbocycles. The first-order valence-electron chi connectivity index (χ1n) is 6.98. The van der Waals surface area contributed by atoms with Gasteiger partial charge in [0.15, 0.2) is 0 Å². The van der Waals surface area contributed by atoms with Crippen LogP contribution in [0.2, 0.25) is 10.0 Å². The van der Waals surface area contributed by atoms with Crippen LogP contribution in [0.4, 0.5) is 0 Å². The highest BCUT2D eigenvalue weighted by Gasteiger charge is 2.31. The zero-order chi connectivity index (χ0) is 14.8. The number of hydrogen-bond donors (Lipinski definition) is 0. The fraction of sp³-hybridized carbons (Fsp3) is 0.235. The molecule has 1 heterocycles. The first-order valence-corrected chi connectivity index (χ1v) is 7.73. The van der Waals surface area contributed by atoms with Gasteiger partial charge in [-0.2, -0.15) is 0 Å². The number of carbonyl (C=O) groups excluding carboxylic acids is 1. The lowest BCUT2D eigenvalue weighted by atomic mass is 10.0. The van der Waals surface area contributed by atoms with Gasteiger partial charge >= 0.3 is 0 Å². The third-order valence-electron chi connectivity index (χ3n) is 3.86. The van der Waals surface area contributed by atoms with Crippen LogP contribution in [-0.4, -0.2) is 17.4 Å². The average Bonchev–Trinajstić information content (AvgIpc) is 2.99. The lowest BCUT2D eigenvalue weighted by Crippen LogP contribution is -2.30. The Morgan fingerprint density at radius 1 is 1.10 bits per heavy atom. The normalized spacial score (nSPS) is 18.0. The summed E-state index contributed by atoms with van der Waals surface area (Å²) in [5, 5.41) is 0.973. The van der Waals surface area contributed by atoms with Crippen molar-refractivity contribution in [3.8, 4) is 0 Å². The van der Waals surface area contributed by atoms with E-state index in [2.05, 4.69) is 12.1 Å². The van der Waals surface area contributed by atoms with E-state index in [-0.39, 0.29) is 11.9 Å². The minimum atomic E-state index is -0.0474. The highest BCUT2D eigenvalue weighted by atomic mass is 35.5. The fourth-order valence-electron chi connectivity index (χ4n) is 2.85. The number of rotatable bonds is 2. The Hall–Kier alpha value is -1.51. The molecule has 0 aliphatic carbocycles. The number of halogens is 2. The van der Waals surface area contributed by atoms with Crippen molar-refractivity contribution in [2.24, 2.45) is 0 Å². The molecule has 108 valence electrons. The van der Waals surface area contributed by atoms with Crippen LogP contribution >= 0.6 is 23.2 Å². The molecule has 4 heteroatoms. The molecule has 1 aliphatic rings. The van der Waals surface area contributed by atoms with Crippen LogP contribution in [0, 0.1) is 0 Å². The Bertz CT molecular complexity index is 657. The second-order valence-electron chi connectivity index (χ2n) is 5.19. The summed E-state index contributed by atoms with van der Waals surface area (Å²) in [4.78, 5) is 14.7. The smallest absolute Gasteiger partial charge is 0.255 e. The van der Waals surface area contributed by atoms with Crippen molar-refractivity contribution in [3.05, 3.63) is 69.7 Å².